The molecule has 0 fully saturated rings. The molecule has 1 heterocycles. The minimum absolute atomic E-state index is 0.169. The van der Waals surface area contributed by atoms with Crippen LogP contribution in [0.15, 0.2) is 58.7 Å². The zero-order valence-corrected chi connectivity index (χ0v) is 16.1. The Bertz CT molecular complexity index is 1010. The second kappa shape index (κ2) is 9.29. The molecule has 7 nitrogen and oxygen atoms in total. The van der Waals surface area contributed by atoms with Gasteiger partial charge in [0.1, 0.15) is 12.1 Å². The van der Waals surface area contributed by atoms with E-state index in [9.17, 15) is 4.79 Å². The van der Waals surface area contributed by atoms with E-state index in [0.29, 0.717) is 17.8 Å². The van der Waals surface area contributed by atoms with Crippen molar-refractivity contribution in [1.29, 1.82) is 10.5 Å². The molecule has 0 unspecified atom stereocenters. The summed E-state index contributed by atoms with van der Waals surface area (Å²) in [4.78, 5) is 12.8. The van der Waals surface area contributed by atoms with Crippen molar-refractivity contribution in [3.8, 4) is 12.1 Å². The van der Waals surface area contributed by atoms with Crippen LogP contribution in [0.2, 0.25) is 0 Å². The van der Waals surface area contributed by atoms with Gasteiger partial charge in [-0.15, -0.1) is 0 Å². The minimum Gasteiger partial charge on any atom is -0.277 e. The summed E-state index contributed by atoms with van der Waals surface area (Å²) in [6.07, 6.45) is 2.69. The lowest BCUT2D eigenvalue weighted by molar-refractivity contribution is 0.0751. The third-order valence-corrected chi connectivity index (χ3v) is 4.60. The minimum atomic E-state index is -0.271. The highest BCUT2D eigenvalue weighted by atomic mass is 16.2. The van der Waals surface area contributed by atoms with Crippen LogP contribution >= 0.6 is 0 Å². The summed E-state index contributed by atoms with van der Waals surface area (Å²) in [5.74, 6) is -0.169. The number of amides is 1. The number of nitrogens with one attached hydrogen (secondary N) is 1. The van der Waals surface area contributed by atoms with Gasteiger partial charge >= 0.3 is 0 Å². The number of carbonyl (C=O) groups excluding carboxylic acids is 1. The van der Waals surface area contributed by atoms with Gasteiger partial charge in [0.05, 0.1) is 11.4 Å². The average Bonchev–Trinajstić information content (AvgIpc) is 2.80. The molecule has 2 aromatic rings. The Morgan fingerprint density at radius 2 is 1.83 bits per heavy atom. The predicted octanol–water partition coefficient (Wildman–Crippen LogP) is 3.70. The first-order chi connectivity index (χ1) is 14.1. The van der Waals surface area contributed by atoms with Crippen molar-refractivity contribution in [2.45, 2.75) is 26.2 Å². The summed E-state index contributed by atoms with van der Waals surface area (Å²) in [5.41, 5.74) is 6.66. The standard InChI is InChI=1S/C22H20N6O/c1-2-16-5-7-17(8-6-16)21-4-3-13-28(27-21)22(29)18-9-11-19(12-10-18)25-26-20(14-23)15-24/h5-12,25H,2-4,13H2,1H3. The van der Waals surface area contributed by atoms with E-state index in [0.717, 1.165) is 30.5 Å². The zero-order valence-electron chi connectivity index (χ0n) is 16.1. The zero-order chi connectivity index (χ0) is 20.6. The molecule has 0 aromatic heterocycles. The number of nitriles is 2. The van der Waals surface area contributed by atoms with E-state index < -0.39 is 0 Å². The first-order valence-corrected chi connectivity index (χ1v) is 9.37. The smallest absolute Gasteiger partial charge is 0.273 e. The molecule has 1 aliphatic rings. The second-order valence-electron chi connectivity index (χ2n) is 6.50. The third kappa shape index (κ3) is 4.85. The fourth-order valence-electron chi connectivity index (χ4n) is 2.96. The van der Waals surface area contributed by atoms with Crippen LogP contribution in [-0.2, 0) is 6.42 Å². The Morgan fingerprint density at radius 1 is 1.14 bits per heavy atom. The van der Waals surface area contributed by atoms with Gasteiger partial charge in [0.2, 0.25) is 5.71 Å². The number of hydrogen-bond donors (Lipinski definition) is 1. The Labute approximate surface area is 169 Å². The summed E-state index contributed by atoms with van der Waals surface area (Å²) in [7, 11) is 0. The molecule has 1 aliphatic heterocycles. The largest absolute Gasteiger partial charge is 0.277 e. The average molecular weight is 384 g/mol. The van der Waals surface area contributed by atoms with Crippen LogP contribution in [0.1, 0.15) is 41.3 Å². The molecule has 0 saturated heterocycles. The number of carbonyl (C=O) groups is 1. The number of hydrazone groups is 2. The number of aryl methyl sites for hydroxylation is 1. The van der Waals surface area contributed by atoms with Gasteiger partial charge < -0.3 is 0 Å². The van der Waals surface area contributed by atoms with E-state index in [2.05, 4.69) is 46.8 Å². The van der Waals surface area contributed by atoms with E-state index in [1.54, 1.807) is 36.4 Å². The van der Waals surface area contributed by atoms with Crippen LogP contribution in [-0.4, -0.2) is 28.9 Å². The number of benzene rings is 2. The highest BCUT2D eigenvalue weighted by molar-refractivity contribution is 6.10. The monoisotopic (exact) mass is 384 g/mol. The number of rotatable bonds is 5. The molecular weight excluding hydrogens is 364 g/mol. The first kappa shape index (κ1) is 19.8. The predicted molar refractivity (Wildman–Crippen MR) is 111 cm³/mol. The quantitative estimate of drug-likeness (QED) is 0.627. The van der Waals surface area contributed by atoms with Crippen LogP contribution in [0.5, 0.6) is 0 Å². The molecule has 3 rings (SSSR count). The molecule has 0 atom stereocenters. The van der Waals surface area contributed by atoms with Crippen molar-refractivity contribution in [2.24, 2.45) is 10.2 Å². The Kier molecular flexibility index (Phi) is 6.34. The molecule has 0 saturated carbocycles. The molecule has 0 aliphatic carbocycles. The van der Waals surface area contributed by atoms with Gasteiger partial charge in [-0.25, -0.2) is 5.01 Å². The fraction of sp³-hybridized carbons (Fsp3) is 0.227. The summed E-state index contributed by atoms with van der Waals surface area (Å²) in [6.45, 7) is 2.69. The fourth-order valence-corrected chi connectivity index (χ4v) is 2.96. The van der Waals surface area contributed by atoms with Crippen molar-refractivity contribution in [1.82, 2.24) is 5.01 Å². The van der Waals surface area contributed by atoms with E-state index in [-0.39, 0.29) is 11.6 Å². The highest BCUT2D eigenvalue weighted by Gasteiger charge is 2.20. The van der Waals surface area contributed by atoms with Crippen molar-refractivity contribution >= 4 is 23.0 Å². The topological polar surface area (TPSA) is 105 Å². The molecule has 144 valence electrons. The van der Waals surface area contributed by atoms with Gasteiger partial charge in [0, 0.05) is 12.1 Å². The Morgan fingerprint density at radius 3 is 2.45 bits per heavy atom. The van der Waals surface area contributed by atoms with Gasteiger partial charge in [-0.1, -0.05) is 31.2 Å². The number of hydrogen-bond acceptors (Lipinski definition) is 6. The molecule has 0 radical (unpaired) electrons. The molecule has 0 bridgehead atoms. The molecule has 29 heavy (non-hydrogen) atoms. The number of nitrogens with zero attached hydrogens (tertiary/aromatic N) is 5. The number of anilines is 1. The Balaban J connectivity index is 1.73. The maximum absolute atomic E-state index is 12.8. The van der Waals surface area contributed by atoms with Crippen LogP contribution in [0.25, 0.3) is 0 Å². The van der Waals surface area contributed by atoms with Crippen LogP contribution < -0.4 is 5.43 Å². The maximum Gasteiger partial charge on any atom is 0.273 e. The van der Waals surface area contributed by atoms with Crippen LogP contribution in [0, 0.1) is 22.7 Å². The molecular formula is C22H20N6O. The van der Waals surface area contributed by atoms with Crippen molar-refractivity contribution in [3.05, 3.63) is 65.2 Å². The van der Waals surface area contributed by atoms with E-state index in [1.165, 1.54) is 10.6 Å². The lowest BCUT2D eigenvalue weighted by Crippen LogP contribution is -2.32. The van der Waals surface area contributed by atoms with Crippen molar-refractivity contribution in [2.75, 3.05) is 12.0 Å². The SMILES string of the molecule is CCc1ccc(C2=NN(C(=O)c3ccc(NN=C(C#N)C#N)cc3)CCC2)cc1. The van der Waals surface area contributed by atoms with E-state index >= 15 is 0 Å². The van der Waals surface area contributed by atoms with Gasteiger partial charge in [-0.3, -0.25) is 10.2 Å². The van der Waals surface area contributed by atoms with Gasteiger partial charge in [0.25, 0.3) is 5.91 Å². The highest BCUT2D eigenvalue weighted by Crippen LogP contribution is 2.18. The molecule has 7 heteroatoms. The van der Waals surface area contributed by atoms with Gasteiger partial charge in [-0.2, -0.15) is 20.7 Å². The Hall–Kier alpha value is -3.97. The summed E-state index contributed by atoms with van der Waals surface area (Å²) in [5, 5.41) is 27.1. The van der Waals surface area contributed by atoms with Gasteiger partial charge in [0.15, 0.2) is 0 Å². The van der Waals surface area contributed by atoms with Crippen LogP contribution in [0.4, 0.5) is 5.69 Å². The summed E-state index contributed by atoms with van der Waals surface area (Å²) < 4.78 is 0. The van der Waals surface area contributed by atoms with E-state index in [1.807, 2.05) is 0 Å². The molecule has 1 amide bonds. The lowest BCUT2D eigenvalue weighted by Gasteiger charge is -2.24. The molecule has 2 aromatic carbocycles. The first-order valence-electron chi connectivity index (χ1n) is 9.37. The second-order valence-corrected chi connectivity index (χ2v) is 6.50. The third-order valence-electron chi connectivity index (χ3n) is 4.60. The van der Waals surface area contributed by atoms with Crippen LogP contribution in [0.3, 0.4) is 0 Å². The van der Waals surface area contributed by atoms with Gasteiger partial charge in [-0.05, 0) is 54.7 Å². The van der Waals surface area contributed by atoms with Crippen molar-refractivity contribution in [3.63, 3.8) is 0 Å². The van der Waals surface area contributed by atoms with E-state index in [4.69, 9.17) is 10.5 Å². The van der Waals surface area contributed by atoms with Crippen molar-refractivity contribution < 1.29 is 4.79 Å². The normalized spacial score (nSPS) is 12.9. The lowest BCUT2D eigenvalue weighted by atomic mass is 10.0. The summed E-state index contributed by atoms with van der Waals surface area (Å²) >= 11 is 0. The molecule has 0 spiro atoms. The molecule has 1 N–H and O–H groups in total. The maximum atomic E-state index is 12.8. The summed E-state index contributed by atoms with van der Waals surface area (Å²) in [6, 6.07) is 18.3.